The second kappa shape index (κ2) is 5.96. The summed E-state index contributed by atoms with van der Waals surface area (Å²) in [4.78, 5) is 24.6. The number of hydrogen-bond donors (Lipinski definition) is 1. The molecular weight excluding hydrogens is 361 g/mol. The second-order valence-electron chi connectivity index (χ2n) is 10.5. The molecule has 0 saturated heterocycles. The van der Waals surface area contributed by atoms with Gasteiger partial charge in [-0.1, -0.05) is 33.3 Å². The van der Waals surface area contributed by atoms with Crippen molar-refractivity contribution in [2.24, 2.45) is 34.0 Å². The number of Topliss-reactive ketones (excluding diaryl/α,β-unsaturated/α-hetero) is 1. The molecule has 0 radical (unpaired) electrons. The molecule has 1 N–H and O–H groups in total. The fourth-order valence-corrected chi connectivity index (χ4v) is 7.86. The summed E-state index contributed by atoms with van der Waals surface area (Å²) >= 11 is 0. The van der Waals surface area contributed by atoms with Gasteiger partial charge in [-0.15, -0.1) is 0 Å². The van der Waals surface area contributed by atoms with Crippen molar-refractivity contribution in [1.82, 2.24) is 0 Å². The summed E-state index contributed by atoms with van der Waals surface area (Å²) in [6.45, 7) is 6.62. The molecule has 0 aromatic heterocycles. The molecule has 0 bridgehead atoms. The van der Waals surface area contributed by atoms with Crippen LogP contribution in [-0.4, -0.2) is 35.1 Å². The lowest BCUT2D eigenvalue weighted by Crippen LogP contribution is -2.68. The highest BCUT2D eigenvalue weighted by Gasteiger charge is 2.74. The minimum Gasteiger partial charge on any atom is -0.390 e. The van der Waals surface area contributed by atoms with Gasteiger partial charge in [-0.25, -0.2) is 8.78 Å². The molecule has 3 saturated carbocycles. The number of alkyl halides is 2. The van der Waals surface area contributed by atoms with Gasteiger partial charge in [0.1, 0.15) is 12.3 Å². The molecule has 0 spiro atoms. The molecule has 4 aliphatic carbocycles. The molecule has 0 aliphatic heterocycles. The lowest BCUT2D eigenvalue weighted by atomic mass is 9.42. The Morgan fingerprint density at radius 1 is 1.25 bits per heavy atom. The van der Waals surface area contributed by atoms with Gasteiger partial charge in [-0.05, 0) is 55.4 Å². The zero-order valence-corrected chi connectivity index (χ0v) is 17.4. The van der Waals surface area contributed by atoms with Crippen LogP contribution < -0.4 is 0 Å². The molecule has 3 fully saturated rings. The van der Waals surface area contributed by atoms with Crippen molar-refractivity contribution < 1.29 is 23.5 Å². The van der Waals surface area contributed by atoms with Gasteiger partial charge in [0.25, 0.3) is 0 Å². The normalized spacial score (nSPS) is 53.1. The zero-order chi connectivity index (χ0) is 20.7. The number of fused-ring (bicyclic) bond motifs is 5. The number of allylic oxidation sites excluding steroid dienone is 1. The van der Waals surface area contributed by atoms with Gasteiger partial charge < -0.3 is 5.11 Å². The summed E-state index contributed by atoms with van der Waals surface area (Å²) in [5, 5.41) is 11.2. The Morgan fingerprint density at radius 2 is 1.93 bits per heavy atom. The molecule has 2 unspecified atom stereocenters. The lowest BCUT2D eigenvalue weighted by molar-refractivity contribution is -0.216. The molecule has 8 atom stereocenters. The van der Waals surface area contributed by atoms with Gasteiger partial charge in [-0.2, -0.15) is 0 Å². The first-order valence-corrected chi connectivity index (χ1v) is 10.7. The van der Waals surface area contributed by atoms with E-state index in [1.165, 1.54) is 0 Å². The molecule has 28 heavy (non-hydrogen) atoms. The highest BCUT2D eigenvalue weighted by Crippen LogP contribution is 2.73. The van der Waals surface area contributed by atoms with E-state index >= 15 is 4.39 Å². The van der Waals surface area contributed by atoms with Crippen molar-refractivity contribution in [1.29, 1.82) is 0 Å². The van der Waals surface area contributed by atoms with Gasteiger partial charge in [0, 0.05) is 23.2 Å². The highest BCUT2D eigenvalue weighted by molar-refractivity contribution is 5.92. The van der Waals surface area contributed by atoms with Crippen molar-refractivity contribution in [3.63, 3.8) is 0 Å². The number of rotatable bonds is 2. The summed E-state index contributed by atoms with van der Waals surface area (Å²) in [6, 6.07) is 0. The predicted octanol–water partition coefficient (Wildman–Crippen LogP) is 4.37. The molecule has 3 nitrogen and oxygen atoms in total. The number of aliphatic hydroxyl groups is 1. The molecule has 156 valence electrons. The SMILES string of the molecule is C[C@@H]1CC2C3CCC4=CC(=O)CC[C@]4(C)[C@@]3(F)[C@@H](O)C[C@]2(C)[C@@]1(C)C(=O)C[18F]. The van der Waals surface area contributed by atoms with Crippen molar-refractivity contribution in [3.8, 4) is 0 Å². The summed E-state index contributed by atoms with van der Waals surface area (Å²) in [7, 11) is 0. The fourth-order valence-electron chi connectivity index (χ4n) is 7.86. The third-order valence-corrected chi connectivity index (χ3v) is 9.91. The van der Waals surface area contributed by atoms with Crippen LogP contribution in [0.4, 0.5) is 8.78 Å². The number of halogens is 2. The Balaban J connectivity index is 1.83. The van der Waals surface area contributed by atoms with Crippen LogP contribution in [0.5, 0.6) is 0 Å². The maximum atomic E-state index is 17.0. The van der Waals surface area contributed by atoms with Gasteiger partial charge in [0.2, 0.25) is 0 Å². The molecule has 0 heterocycles. The number of carbonyl (C=O) groups is 2. The number of hydrogen-bond acceptors (Lipinski definition) is 3. The molecule has 0 amide bonds. The fraction of sp³-hybridized carbons (Fsp3) is 0.826. The molecule has 4 aliphatic rings. The largest absolute Gasteiger partial charge is 0.390 e. The maximum absolute atomic E-state index is 17.0. The van der Waals surface area contributed by atoms with Crippen molar-refractivity contribution in [3.05, 3.63) is 11.6 Å². The zero-order valence-electron chi connectivity index (χ0n) is 17.4. The molecule has 5 heteroatoms. The smallest absolute Gasteiger partial charge is 0.170 e. The highest BCUT2D eigenvalue weighted by atomic mass is 19.1. The van der Waals surface area contributed by atoms with Crippen LogP contribution in [0, 0.1) is 34.0 Å². The minimum absolute atomic E-state index is 0.0419. The van der Waals surface area contributed by atoms with E-state index in [0.717, 1.165) is 5.57 Å². The quantitative estimate of drug-likeness (QED) is 0.758. The Labute approximate surface area is 166 Å². The summed E-state index contributed by atoms with van der Waals surface area (Å²) in [6.07, 6.45) is 3.16. The van der Waals surface area contributed by atoms with E-state index in [2.05, 4.69) is 0 Å². The number of carbonyl (C=O) groups excluding carboxylic acids is 2. The molecule has 0 aromatic rings. The van der Waals surface area contributed by atoms with Crippen LogP contribution >= 0.6 is 0 Å². The Kier molecular flexibility index (Phi) is 4.30. The summed E-state index contributed by atoms with van der Waals surface area (Å²) in [5.74, 6) is -0.895. The molecular formula is C23H32F2O3. The first-order chi connectivity index (χ1) is 13.0. The molecule has 4 rings (SSSR count). The van der Waals surface area contributed by atoms with E-state index in [1.54, 1.807) is 6.08 Å². The van der Waals surface area contributed by atoms with E-state index in [-0.39, 0.29) is 30.0 Å². The van der Waals surface area contributed by atoms with E-state index in [9.17, 15) is 19.1 Å². The Hall–Kier alpha value is -1.10. The Morgan fingerprint density at radius 3 is 2.57 bits per heavy atom. The van der Waals surface area contributed by atoms with Crippen molar-refractivity contribution in [2.75, 3.05) is 6.67 Å². The third-order valence-electron chi connectivity index (χ3n) is 9.91. The number of ketones is 2. The van der Waals surface area contributed by atoms with Crippen molar-refractivity contribution >= 4 is 11.6 Å². The lowest BCUT2D eigenvalue weighted by Gasteiger charge is -2.64. The van der Waals surface area contributed by atoms with E-state index < -0.39 is 40.5 Å². The van der Waals surface area contributed by atoms with E-state index in [0.29, 0.717) is 32.1 Å². The number of aliphatic hydroxyl groups excluding tert-OH is 1. The van der Waals surface area contributed by atoms with Crippen LogP contribution in [0.25, 0.3) is 0 Å². The van der Waals surface area contributed by atoms with Crippen LogP contribution in [-0.2, 0) is 9.59 Å². The van der Waals surface area contributed by atoms with Gasteiger partial charge >= 0.3 is 0 Å². The average molecular weight is 394 g/mol. The van der Waals surface area contributed by atoms with Crippen LogP contribution in [0.15, 0.2) is 11.6 Å². The molecule has 0 aromatic carbocycles. The average Bonchev–Trinajstić information content (AvgIpc) is 2.84. The monoisotopic (exact) mass is 393 g/mol. The van der Waals surface area contributed by atoms with E-state index in [4.69, 9.17) is 0 Å². The van der Waals surface area contributed by atoms with Gasteiger partial charge in [-0.3, -0.25) is 9.59 Å². The predicted molar refractivity (Wildman–Crippen MR) is 102 cm³/mol. The summed E-state index contributed by atoms with van der Waals surface area (Å²) in [5.41, 5.74) is -3.35. The van der Waals surface area contributed by atoms with Crippen molar-refractivity contribution in [2.45, 2.75) is 78.0 Å². The topological polar surface area (TPSA) is 54.4 Å². The third kappa shape index (κ3) is 2.07. The van der Waals surface area contributed by atoms with Crippen LogP contribution in [0.2, 0.25) is 0 Å². The maximum Gasteiger partial charge on any atom is 0.170 e. The van der Waals surface area contributed by atoms with Crippen LogP contribution in [0.1, 0.15) is 66.2 Å². The minimum atomic E-state index is -1.81. The standard InChI is InChI=1S/C23H32F2O3/c1-13-9-17-16-6-5-14-10-15(26)7-8-20(14,2)23(16,25)18(27)11-21(17,3)22(13,4)19(28)12-24/h10,13,16-18,27H,5-9,11-12H2,1-4H3/t13-,16?,17?,18+,20+,21+,22-,23+/m1/s1/i24-1. The first kappa shape index (κ1) is 20.2. The van der Waals surface area contributed by atoms with Gasteiger partial charge in [0.15, 0.2) is 11.6 Å². The van der Waals surface area contributed by atoms with Gasteiger partial charge in [0.05, 0.1) is 6.10 Å². The Bertz CT molecular complexity index is 763. The van der Waals surface area contributed by atoms with E-state index in [1.807, 2.05) is 27.7 Å². The summed E-state index contributed by atoms with van der Waals surface area (Å²) < 4.78 is 30.5. The second-order valence-corrected chi connectivity index (χ2v) is 10.5. The van der Waals surface area contributed by atoms with Crippen LogP contribution in [0.3, 0.4) is 0 Å². The first-order valence-electron chi connectivity index (χ1n) is 10.7.